The fourth-order valence-electron chi connectivity index (χ4n) is 4.31. The van der Waals surface area contributed by atoms with Gasteiger partial charge in [0, 0.05) is 25.1 Å². The van der Waals surface area contributed by atoms with Gasteiger partial charge in [0.15, 0.2) is 11.4 Å². The first-order valence-corrected chi connectivity index (χ1v) is 11.0. The molecule has 0 saturated carbocycles. The van der Waals surface area contributed by atoms with Crippen LogP contribution in [-0.4, -0.2) is 51.6 Å². The van der Waals surface area contributed by atoms with Crippen molar-refractivity contribution in [2.75, 3.05) is 31.5 Å². The summed E-state index contributed by atoms with van der Waals surface area (Å²) in [5.41, 5.74) is 5.44. The summed E-state index contributed by atoms with van der Waals surface area (Å²) in [4.78, 5) is 16.3. The molecule has 162 valence electrons. The van der Waals surface area contributed by atoms with Crippen molar-refractivity contribution in [1.29, 1.82) is 0 Å². The quantitative estimate of drug-likeness (QED) is 0.613. The van der Waals surface area contributed by atoms with Gasteiger partial charge in [-0.1, -0.05) is 27.7 Å². The summed E-state index contributed by atoms with van der Waals surface area (Å²) in [5.74, 6) is 1.02. The van der Waals surface area contributed by atoms with Gasteiger partial charge in [0.25, 0.3) is 0 Å². The minimum absolute atomic E-state index is 0.225. The van der Waals surface area contributed by atoms with E-state index in [1.165, 1.54) is 11.1 Å². The van der Waals surface area contributed by atoms with Gasteiger partial charge in [0.1, 0.15) is 11.8 Å². The number of pyridine rings is 1. The van der Waals surface area contributed by atoms with Crippen LogP contribution in [0.15, 0.2) is 10.7 Å². The molecule has 1 N–H and O–H groups in total. The molecule has 0 spiro atoms. The molecule has 7 nitrogen and oxygen atoms in total. The van der Waals surface area contributed by atoms with Crippen LogP contribution in [0.2, 0.25) is 0 Å². The monoisotopic (exact) mass is 411 g/mol. The minimum Gasteiger partial charge on any atom is -0.432 e. The molecular formula is C23H33N5O2. The van der Waals surface area contributed by atoms with E-state index in [4.69, 9.17) is 14.1 Å². The Morgan fingerprint density at radius 2 is 1.93 bits per heavy atom. The van der Waals surface area contributed by atoms with Crippen LogP contribution in [0.3, 0.4) is 0 Å². The van der Waals surface area contributed by atoms with Gasteiger partial charge in [-0.3, -0.25) is 0 Å². The number of hydrogen-bond donors (Lipinski definition) is 1. The maximum absolute atomic E-state index is 6.27. The Balaban J connectivity index is 1.81. The van der Waals surface area contributed by atoms with E-state index in [0.29, 0.717) is 23.8 Å². The molecule has 0 saturated heterocycles. The third kappa shape index (κ3) is 3.76. The zero-order valence-corrected chi connectivity index (χ0v) is 19.0. The van der Waals surface area contributed by atoms with Crippen molar-refractivity contribution in [1.82, 2.24) is 19.9 Å². The Labute approximate surface area is 178 Å². The lowest BCUT2D eigenvalue weighted by atomic mass is 9.87. The van der Waals surface area contributed by atoms with E-state index in [0.717, 1.165) is 55.0 Å². The number of hydrogen-bond acceptors (Lipinski definition) is 7. The summed E-state index contributed by atoms with van der Waals surface area (Å²) in [7, 11) is 0. The lowest BCUT2D eigenvalue weighted by molar-refractivity contribution is -0.0402. The topological polar surface area (TPSA) is 76.3 Å². The molecular weight excluding hydrogens is 378 g/mol. The second-order valence-corrected chi connectivity index (χ2v) is 8.97. The average molecular weight is 412 g/mol. The molecule has 1 aliphatic heterocycles. The fraction of sp³-hybridized carbons (Fsp3) is 0.609. The number of anilines is 1. The molecule has 0 atom stereocenters. The molecule has 0 radical (unpaired) electrons. The number of rotatable bonds is 7. The maximum atomic E-state index is 6.27. The van der Waals surface area contributed by atoms with Crippen LogP contribution < -0.4 is 5.32 Å². The van der Waals surface area contributed by atoms with E-state index in [9.17, 15) is 0 Å². The van der Waals surface area contributed by atoms with Crippen molar-refractivity contribution in [2.45, 2.75) is 66.1 Å². The molecule has 0 fully saturated rings. The SMILES string of the molecule is CCN(CC)CCNc1ncnc2c1oc1nc(C(C)C)c3c(c12)CC(C)(C)OC3. The zero-order valence-electron chi connectivity index (χ0n) is 19.0. The normalized spacial score (nSPS) is 16.0. The number of fused-ring (bicyclic) bond motifs is 5. The van der Waals surface area contributed by atoms with Crippen LogP contribution in [0.1, 0.15) is 64.3 Å². The largest absolute Gasteiger partial charge is 0.432 e. The van der Waals surface area contributed by atoms with E-state index in [1.54, 1.807) is 6.33 Å². The molecule has 7 heteroatoms. The third-order valence-corrected chi connectivity index (χ3v) is 6.02. The molecule has 0 aliphatic carbocycles. The Morgan fingerprint density at radius 3 is 2.63 bits per heavy atom. The van der Waals surface area contributed by atoms with Gasteiger partial charge in [-0.05, 0) is 38.4 Å². The molecule has 0 unspecified atom stereocenters. The van der Waals surface area contributed by atoms with Crippen molar-refractivity contribution in [3.05, 3.63) is 23.1 Å². The Hall–Kier alpha value is -2.25. The number of nitrogens with zero attached hydrogens (tertiary/aromatic N) is 4. The summed E-state index contributed by atoms with van der Waals surface area (Å²) in [6, 6.07) is 0. The van der Waals surface area contributed by atoms with Gasteiger partial charge in [-0.15, -0.1) is 0 Å². The summed E-state index contributed by atoms with van der Waals surface area (Å²) in [6.45, 7) is 17.4. The molecule has 1 aliphatic rings. The Morgan fingerprint density at radius 1 is 1.17 bits per heavy atom. The number of nitrogens with one attached hydrogen (secondary N) is 1. The van der Waals surface area contributed by atoms with Crippen molar-refractivity contribution in [3.8, 4) is 0 Å². The highest BCUT2D eigenvalue weighted by Crippen LogP contribution is 2.40. The van der Waals surface area contributed by atoms with Gasteiger partial charge < -0.3 is 19.4 Å². The van der Waals surface area contributed by atoms with Crippen molar-refractivity contribution < 1.29 is 9.15 Å². The van der Waals surface area contributed by atoms with Crippen molar-refractivity contribution >= 4 is 28.0 Å². The van der Waals surface area contributed by atoms with Crippen LogP contribution in [-0.2, 0) is 17.8 Å². The summed E-state index contributed by atoms with van der Waals surface area (Å²) < 4.78 is 12.4. The highest BCUT2D eigenvalue weighted by atomic mass is 16.5. The lowest BCUT2D eigenvalue weighted by Gasteiger charge is -2.33. The summed E-state index contributed by atoms with van der Waals surface area (Å²) in [5, 5.41) is 4.45. The molecule has 0 bridgehead atoms. The van der Waals surface area contributed by atoms with Crippen molar-refractivity contribution in [3.63, 3.8) is 0 Å². The van der Waals surface area contributed by atoms with Gasteiger partial charge in [-0.2, -0.15) is 0 Å². The second-order valence-electron chi connectivity index (χ2n) is 8.97. The first-order valence-electron chi connectivity index (χ1n) is 11.0. The molecule has 0 aromatic carbocycles. The number of ether oxygens (including phenoxy) is 1. The molecule has 0 amide bonds. The second kappa shape index (κ2) is 8.12. The molecule has 3 aromatic heterocycles. The smallest absolute Gasteiger partial charge is 0.229 e. The standard InChI is InChI=1S/C23H33N5O2/c1-7-28(8-2)10-9-24-21-20-19(25-13-26-21)17-15-11-23(5,6)29-12-16(15)18(14(3)4)27-22(17)30-20/h13-14H,7-12H2,1-6H3,(H,24,25,26). The predicted molar refractivity (Wildman–Crippen MR) is 120 cm³/mol. The molecule has 3 aromatic rings. The third-order valence-electron chi connectivity index (χ3n) is 6.02. The molecule has 4 rings (SSSR count). The number of furan rings is 1. The summed E-state index contributed by atoms with van der Waals surface area (Å²) in [6.07, 6.45) is 2.43. The van der Waals surface area contributed by atoms with E-state index in [1.807, 2.05) is 0 Å². The Kier molecular flexibility index (Phi) is 5.68. The first-order chi connectivity index (χ1) is 14.3. The van der Waals surface area contributed by atoms with Crippen LogP contribution in [0, 0.1) is 0 Å². The van der Waals surface area contributed by atoms with E-state index in [2.05, 4.69) is 61.7 Å². The fourth-order valence-corrected chi connectivity index (χ4v) is 4.31. The van der Waals surface area contributed by atoms with Crippen LogP contribution in [0.25, 0.3) is 22.2 Å². The molecule has 4 heterocycles. The average Bonchev–Trinajstić information content (AvgIpc) is 3.09. The highest BCUT2D eigenvalue weighted by molar-refractivity contribution is 6.06. The van der Waals surface area contributed by atoms with Gasteiger partial charge >= 0.3 is 0 Å². The number of likely N-dealkylation sites (N-methyl/N-ethyl adjacent to an activating group) is 1. The lowest BCUT2D eigenvalue weighted by Crippen LogP contribution is -2.33. The Bertz CT molecular complexity index is 1050. The van der Waals surface area contributed by atoms with Crippen LogP contribution in [0.5, 0.6) is 0 Å². The first kappa shape index (κ1) is 21.0. The zero-order chi connectivity index (χ0) is 21.5. The van der Waals surface area contributed by atoms with Crippen LogP contribution in [0.4, 0.5) is 5.82 Å². The molecule has 30 heavy (non-hydrogen) atoms. The maximum Gasteiger partial charge on any atom is 0.229 e. The van der Waals surface area contributed by atoms with Gasteiger partial charge in [-0.25, -0.2) is 15.0 Å². The van der Waals surface area contributed by atoms with E-state index >= 15 is 0 Å². The predicted octanol–water partition coefficient (Wildman–Crippen LogP) is 4.50. The van der Waals surface area contributed by atoms with E-state index in [-0.39, 0.29) is 5.60 Å². The van der Waals surface area contributed by atoms with Gasteiger partial charge in [0.05, 0.1) is 23.3 Å². The van der Waals surface area contributed by atoms with Crippen molar-refractivity contribution in [2.24, 2.45) is 0 Å². The van der Waals surface area contributed by atoms with Gasteiger partial charge in [0.2, 0.25) is 5.71 Å². The van der Waals surface area contributed by atoms with E-state index < -0.39 is 0 Å². The summed E-state index contributed by atoms with van der Waals surface area (Å²) >= 11 is 0. The minimum atomic E-state index is -0.225. The highest BCUT2D eigenvalue weighted by Gasteiger charge is 2.32. The van der Waals surface area contributed by atoms with Crippen LogP contribution >= 0.6 is 0 Å². The number of aromatic nitrogens is 3.